The molecule has 0 heterocycles. The maximum atomic E-state index is 6.40. The van der Waals surface area contributed by atoms with Crippen LogP contribution in [0.4, 0.5) is 0 Å². The van der Waals surface area contributed by atoms with E-state index in [-0.39, 0.29) is 0 Å². The number of unbranched alkanes of at least 4 members (excludes halogenated alkanes) is 3. The Morgan fingerprint density at radius 3 is 1.97 bits per heavy atom. The molecule has 0 radical (unpaired) electrons. The SMILES string of the molecule is C=[C](c1ccc(OC)c(OC2CCCC2)c1)[Sn]([CH2]CCC)([CH2]CCC)[CH2]CCC. The summed E-state index contributed by atoms with van der Waals surface area (Å²) in [5.41, 5.74) is 1.33. The van der Waals surface area contributed by atoms with Crippen molar-refractivity contribution >= 4 is 22.0 Å². The Morgan fingerprint density at radius 1 is 0.931 bits per heavy atom. The van der Waals surface area contributed by atoms with Gasteiger partial charge in [0, 0.05) is 0 Å². The van der Waals surface area contributed by atoms with Crippen molar-refractivity contribution in [2.45, 2.75) is 104 Å². The molecule has 1 saturated carbocycles. The molecule has 1 aliphatic rings. The number of ether oxygens (including phenoxy) is 2. The zero-order valence-corrected chi connectivity index (χ0v) is 22.4. The molecule has 29 heavy (non-hydrogen) atoms. The Kier molecular flexibility index (Phi) is 11.0. The Balaban J connectivity index is 2.33. The quantitative estimate of drug-likeness (QED) is 0.236. The zero-order chi connectivity index (χ0) is 21.1. The van der Waals surface area contributed by atoms with Crippen molar-refractivity contribution in [1.82, 2.24) is 0 Å². The summed E-state index contributed by atoms with van der Waals surface area (Å²) in [5.74, 6) is 1.80. The van der Waals surface area contributed by atoms with E-state index in [1.54, 1.807) is 7.11 Å². The van der Waals surface area contributed by atoms with E-state index < -0.39 is 18.4 Å². The van der Waals surface area contributed by atoms with E-state index in [2.05, 4.69) is 39.0 Å². The molecule has 2 nitrogen and oxygen atoms in total. The summed E-state index contributed by atoms with van der Waals surface area (Å²) in [7, 11) is 1.75. The second kappa shape index (κ2) is 12.9. The van der Waals surface area contributed by atoms with Crippen molar-refractivity contribution in [3.63, 3.8) is 0 Å². The predicted octanol–water partition coefficient (Wildman–Crippen LogP) is 8.42. The molecular formula is C26H44O2Sn. The van der Waals surface area contributed by atoms with Gasteiger partial charge in [-0.25, -0.2) is 0 Å². The molecule has 0 spiro atoms. The van der Waals surface area contributed by atoms with Crippen LogP contribution in [-0.4, -0.2) is 31.6 Å². The van der Waals surface area contributed by atoms with E-state index in [4.69, 9.17) is 16.1 Å². The number of hydrogen-bond donors (Lipinski definition) is 0. The average molecular weight is 507 g/mol. The summed E-state index contributed by atoms with van der Waals surface area (Å²) in [5, 5.41) is 0. The summed E-state index contributed by atoms with van der Waals surface area (Å²) in [4.78, 5) is 0. The van der Waals surface area contributed by atoms with Gasteiger partial charge in [0.15, 0.2) is 0 Å². The third-order valence-corrected chi connectivity index (χ3v) is 22.5. The monoisotopic (exact) mass is 508 g/mol. The topological polar surface area (TPSA) is 18.5 Å². The summed E-state index contributed by atoms with van der Waals surface area (Å²) in [6, 6.07) is 6.62. The van der Waals surface area contributed by atoms with E-state index in [9.17, 15) is 0 Å². The van der Waals surface area contributed by atoms with Crippen molar-refractivity contribution in [1.29, 1.82) is 0 Å². The van der Waals surface area contributed by atoms with Gasteiger partial charge >= 0.3 is 185 Å². The van der Waals surface area contributed by atoms with Crippen LogP contribution in [0.1, 0.15) is 90.5 Å². The minimum absolute atomic E-state index is 0.348. The summed E-state index contributed by atoms with van der Waals surface area (Å²) < 4.78 is 17.9. The fourth-order valence-corrected chi connectivity index (χ4v) is 20.6. The average Bonchev–Trinajstić information content (AvgIpc) is 3.26. The molecule has 1 aromatic rings. The third kappa shape index (κ3) is 6.94. The Labute approximate surface area is 184 Å². The van der Waals surface area contributed by atoms with Crippen LogP contribution in [0, 0.1) is 0 Å². The maximum absolute atomic E-state index is 6.40. The van der Waals surface area contributed by atoms with Crippen molar-refractivity contribution < 1.29 is 9.47 Å². The molecule has 3 heteroatoms. The minimum atomic E-state index is -2.51. The van der Waals surface area contributed by atoms with Gasteiger partial charge in [-0.05, 0) is 0 Å². The molecule has 1 aliphatic carbocycles. The second-order valence-corrected chi connectivity index (χ2v) is 22.3. The number of hydrogen-bond acceptors (Lipinski definition) is 2. The van der Waals surface area contributed by atoms with E-state index in [1.807, 2.05) is 0 Å². The molecule has 1 fully saturated rings. The number of benzene rings is 1. The first-order valence-electron chi connectivity index (χ1n) is 12.1. The molecule has 0 saturated heterocycles. The van der Waals surface area contributed by atoms with Crippen LogP contribution in [-0.2, 0) is 0 Å². The van der Waals surface area contributed by atoms with Gasteiger partial charge in [0.2, 0.25) is 0 Å². The van der Waals surface area contributed by atoms with Crippen LogP contribution in [0.3, 0.4) is 0 Å². The van der Waals surface area contributed by atoms with Gasteiger partial charge in [0.25, 0.3) is 0 Å². The van der Waals surface area contributed by atoms with Crippen LogP contribution in [0.2, 0.25) is 13.3 Å². The molecule has 0 amide bonds. The van der Waals surface area contributed by atoms with Gasteiger partial charge < -0.3 is 0 Å². The van der Waals surface area contributed by atoms with Crippen LogP contribution in [0.15, 0.2) is 24.8 Å². The second-order valence-electron chi connectivity index (χ2n) is 8.96. The van der Waals surface area contributed by atoms with Crippen LogP contribution in [0.25, 0.3) is 3.59 Å². The van der Waals surface area contributed by atoms with E-state index in [0.29, 0.717) is 6.10 Å². The fourth-order valence-electron chi connectivity index (χ4n) is 4.82. The van der Waals surface area contributed by atoms with Crippen molar-refractivity contribution in [2.75, 3.05) is 7.11 Å². The van der Waals surface area contributed by atoms with Crippen LogP contribution in [0.5, 0.6) is 11.5 Å². The number of methoxy groups -OCH3 is 1. The molecular weight excluding hydrogens is 463 g/mol. The first-order valence-corrected chi connectivity index (χ1v) is 19.6. The Bertz CT molecular complexity index is 597. The molecule has 0 atom stereocenters. The third-order valence-electron chi connectivity index (χ3n) is 6.77. The van der Waals surface area contributed by atoms with E-state index in [1.165, 1.54) is 86.7 Å². The van der Waals surface area contributed by atoms with E-state index >= 15 is 0 Å². The van der Waals surface area contributed by atoms with Gasteiger partial charge in [-0.3, -0.25) is 0 Å². The first-order chi connectivity index (χ1) is 14.1. The van der Waals surface area contributed by atoms with Crippen LogP contribution >= 0.6 is 0 Å². The standard InChI is InChI=1S/C14H17O2.3C4H9.Sn/c1-3-11-8-9-13(15-2)14(10-11)16-12-6-4-5-7-12;3*1-3-4-2;/h8-10,12H,1,4-7H2,2H3;3*1,3-4H2,2H3;. The Hall–Kier alpha value is -0.641. The van der Waals surface area contributed by atoms with Crippen LogP contribution < -0.4 is 9.47 Å². The molecule has 0 bridgehead atoms. The molecule has 0 unspecified atom stereocenters. The van der Waals surface area contributed by atoms with Gasteiger partial charge in [-0.1, -0.05) is 0 Å². The van der Waals surface area contributed by atoms with Gasteiger partial charge in [-0.2, -0.15) is 0 Å². The predicted molar refractivity (Wildman–Crippen MR) is 130 cm³/mol. The molecule has 1 aromatic carbocycles. The summed E-state index contributed by atoms with van der Waals surface area (Å²) in [6.45, 7) is 11.8. The van der Waals surface area contributed by atoms with Crippen molar-refractivity contribution in [2.24, 2.45) is 0 Å². The molecule has 2 rings (SSSR count). The Morgan fingerprint density at radius 2 is 1.48 bits per heavy atom. The van der Waals surface area contributed by atoms with Gasteiger partial charge in [0.05, 0.1) is 0 Å². The van der Waals surface area contributed by atoms with Gasteiger partial charge in [-0.15, -0.1) is 0 Å². The molecule has 0 N–H and O–H groups in total. The summed E-state index contributed by atoms with van der Waals surface area (Å²) >= 11 is -2.51. The van der Waals surface area contributed by atoms with Crippen molar-refractivity contribution in [3.05, 3.63) is 30.3 Å². The normalized spacial score (nSPS) is 14.9. The molecule has 164 valence electrons. The molecule has 0 aromatic heterocycles. The number of rotatable bonds is 14. The van der Waals surface area contributed by atoms with Crippen molar-refractivity contribution in [3.8, 4) is 11.5 Å². The van der Waals surface area contributed by atoms with Gasteiger partial charge in [0.1, 0.15) is 0 Å². The van der Waals surface area contributed by atoms with E-state index in [0.717, 1.165) is 11.5 Å². The fraction of sp³-hybridized carbons (Fsp3) is 0.692. The summed E-state index contributed by atoms with van der Waals surface area (Å²) in [6.07, 6.45) is 13.2. The zero-order valence-electron chi connectivity index (χ0n) is 19.5. The first kappa shape index (κ1) is 24.6. The molecule has 0 aliphatic heterocycles.